The van der Waals surface area contributed by atoms with Crippen molar-refractivity contribution >= 4 is 23.3 Å². The number of morpholine rings is 1. The minimum Gasteiger partial charge on any atom is -0.378 e. The number of nitrogens with zero attached hydrogens (tertiary/aromatic N) is 5. The average Bonchev–Trinajstić information content (AvgIpc) is 2.79. The van der Waals surface area contributed by atoms with Crippen LogP contribution in [0.3, 0.4) is 0 Å². The number of aromatic nitrogens is 2. The first-order valence-electron chi connectivity index (χ1n) is 10.3. The van der Waals surface area contributed by atoms with Crippen LogP contribution in [0, 0.1) is 6.92 Å². The molecule has 8 heteroatoms. The highest BCUT2D eigenvalue weighted by Gasteiger charge is 2.24. The maximum Gasteiger partial charge on any atom is 0.253 e. The Morgan fingerprint density at radius 1 is 0.833 bits per heavy atom. The van der Waals surface area contributed by atoms with Gasteiger partial charge >= 0.3 is 0 Å². The molecule has 0 radical (unpaired) electrons. The third kappa shape index (κ3) is 4.43. The number of piperazine rings is 1. The van der Waals surface area contributed by atoms with Gasteiger partial charge in [-0.05, 0) is 26.0 Å². The van der Waals surface area contributed by atoms with Gasteiger partial charge in [0.1, 0.15) is 17.5 Å². The van der Waals surface area contributed by atoms with E-state index in [2.05, 4.69) is 19.8 Å². The van der Waals surface area contributed by atoms with E-state index in [1.807, 2.05) is 17.9 Å². The van der Waals surface area contributed by atoms with E-state index in [9.17, 15) is 9.59 Å². The molecule has 2 aliphatic heterocycles. The molecule has 0 aliphatic carbocycles. The molecular weight excluding hydrogens is 382 g/mol. The van der Waals surface area contributed by atoms with Gasteiger partial charge in [-0.3, -0.25) is 9.59 Å². The van der Waals surface area contributed by atoms with Crippen molar-refractivity contribution in [2.45, 2.75) is 13.8 Å². The summed E-state index contributed by atoms with van der Waals surface area (Å²) in [4.78, 5) is 39.8. The van der Waals surface area contributed by atoms with Crippen LogP contribution in [0.5, 0.6) is 0 Å². The molecule has 30 heavy (non-hydrogen) atoms. The van der Waals surface area contributed by atoms with Crippen molar-refractivity contribution in [1.29, 1.82) is 0 Å². The lowest BCUT2D eigenvalue weighted by atomic mass is 10.1. The molecule has 0 N–H and O–H groups in total. The van der Waals surface area contributed by atoms with E-state index in [1.165, 1.54) is 6.92 Å². The maximum absolute atomic E-state index is 12.8. The maximum atomic E-state index is 12.8. The van der Waals surface area contributed by atoms with Crippen LogP contribution in [0.4, 0.5) is 11.6 Å². The molecule has 1 aromatic carbocycles. The van der Waals surface area contributed by atoms with E-state index >= 15 is 0 Å². The number of amides is 1. The fourth-order valence-corrected chi connectivity index (χ4v) is 3.82. The van der Waals surface area contributed by atoms with E-state index in [0.717, 1.165) is 43.6 Å². The van der Waals surface area contributed by atoms with Gasteiger partial charge in [0.25, 0.3) is 5.91 Å². The van der Waals surface area contributed by atoms with Gasteiger partial charge in [-0.25, -0.2) is 9.97 Å². The minimum atomic E-state index is -0.00220. The van der Waals surface area contributed by atoms with Gasteiger partial charge in [-0.15, -0.1) is 0 Å². The summed E-state index contributed by atoms with van der Waals surface area (Å²) >= 11 is 0. The smallest absolute Gasteiger partial charge is 0.253 e. The van der Waals surface area contributed by atoms with Gasteiger partial charge < -0.3 is 19.4 Å². The van der Waals surface area contributed by atoms with Crippen LogP contribution >= 0.6 is 0 Å². The summed E-state index contributed by atoms with van der Waals surface area (Å²) in [7, 11) is 0. The molecule has 0 unspecified atom stereocenters. The lowest BCUT2D eigenvalue weighted by Gasteiger charge is -2.36. The topological polar surface area (TPSA) is 78.9 Å². The molecule has 1 amide bonds. The summed E-state index contributed by atoms with van der Waals surface area (Å²) in [5.41, 5.74) is 1.23. The number of benzene rings is 1. The van der Waals surface area contributed by atoms with Crippen LogP contribution in [-0.2, 0) is 4.74 Å². The third-order valence-corrected chi connectivity index (χ3v) is 5.58. The van der Waals surface area contributed by atoms with E-state index < -0.39 is 0 Å². The molecule has 158 valence electrons. The lowest BCUT2D eigenvalue weighted by Crippen LogP contribution is -2.49. The van der Waals surface area contributed by atoms with Crippen molar-refractivity contribution in [1.82, 2.24) is 14.9 Å². The van der Waals surface area contributed by atoms with Crippen LogP contribution in [0.1, 0.15) is 33.5 Å². The van der Waals surface area contributed by atoms with Crippen LogP contribution in [0.25, 0.3) is 0 Å². The summed E-state index contributed by atoms with van der Waals surface area (Å²) in [5, 5.41) is 0. The van der Waals surface area contributed by atoms with Gasteiger partial charge in [0.2, 0.25) is 0 Å². The molecule has 0 saturated carbocycles. The number of anilines is 2. The quantitative estimate of drug-likeness (QED) is 0.713. The second-order valence-corrected chi connectivity index (χ2v) is 7.64. The molecule has 3 heterocycles. The van der Waals surface area contributed by atoms with Crippen LogP contribution in [-0.4, -0.2) is 79.0 Å². The summed E-state index contributed by atoms with van der Waals surface area (Å²) in [6, 6.07) is 8.92. The summed E-state index contributed by atoms with van der Waals surface area (Å²) in [6.07, 6.45) is 0. The number of hydrogen-bond acceptors (Lipinski definition) is 7. The van der Waals surface area contributed by atoms with Crippen LogP contribution < -0.4 is 9.80 Å². The number of aryl methyl sites for hydroxylation is 1. The SMILES string of the molecule is CC(=O)c1ccc(C(=O)N2CCN(c3cc(N4CCOCC4)nc(C)n3)CC2)cc1. The second kappa shape index (κ2) is 8.79. The predicted octanol–water partition coefficient (Wildman–Crippen LogP) is 1.79. The largest absolute Gasteiger partial charge is 0.378 e. The summed E-state index contributed by atoms with van der Waals surface area (Å²) in [6.45, 7) is 9.23. The molecule has 2 fully saturated rings. The molecule has 0 atom stereocenters. The molecule has 2 aliphatic rings. The van der Waals surface area contributed by atoms with E-state index in [-0.39, 0.29) is 11.7 Å². The highest BCUT2D eigenvalue weighted by Crippen LogP contribution is 2.22. The zero-order valence-corrected chi connectivity index (χ0v) is 17.5. The number of carbonyl (C=O) groups is 2. The zero-order chi connectivity index (χ0) is 21.1. The van der Waals surface area contributed by atoms with Gasteiger partial charge in [-0.1, -0.05) is 12.1 Å². The van der Waals surface area contributed by atoms with Gasteiger partial charge in [0.15, 0.2) is 5.78 Å². The number of hydrogen-bond donors (Lipinski definition) is 0. The monoisotopic (exact) mass is 409 g/mol. The normalized spacial score (nSPS) is 17.2. The Labute approximate surface area is 176 Å². The van der Waals surface area contributed by atoms with Gasteiger partial charge in [0.05, 0.1) is 13.2 Å². The number of rotatable bonds is 4. The third-order valence-electron chi connectivity index (χ3n) is 5.58. The Morgan fingerprint density at radius 3 is 1.93 bits per heavy atom. The molecule has 2 aromatic rings. The van der Waals surface area contributed by atoms with Crippen molar-refractivity contribution in [3.8, 4) is 0 Å². The van der Waals surface area contributed by atoms with Crippen molar-refractivity contribution in [3.63, 3.8) is 0 Å². The standard InChI is InChI=1S/C22H27N5O3/c1-16(28)18-3-5-19(6-4-18)22(29)27-9-7-25(8-10-27)20-15-21(24-17(2)23-20)26-11-13-30-14-12-26/h3-6,15H,7-14H2,1-2H3. The number of carbonyl (C=O) groups excluding carboxylic acids is 2. The summed E-state index contributed by atoms with van der Waals surface area (Å²) in [5.74, 6) is 2.58. The van der Waals surface area contributed by atoms with E-state index in [1.54, 1.807) is 24.3 Å². The second-order valence-electron chi connectivity index (χ2n) is 7.64. The Morgan fingerprint density at radius 2 is 1.37 bits per heavy atom. The number of ketones is 1. The molecule has 0 spiro atoms. The van der Waals surface area contributed by atoms with E-state index in [4.69, 9.17) is 4.74 Å². The van der Waals surface area contributed by atoms with Gasteiger partial charge in [-0.2, -0.15) is 0 Å². The fourth-order valence-electron chi connectivity index (χ4n) is 3.82. The Kier molecular flexibility index (Phi) is 5.94. The highest BCUT2D eigenvalue weighted by atomic mass is 16.5. The van der Waals surface area contributed by atoms with Crippen LogP contribution in [0.2, 0.25) is 0 Å². The first-order valence-corrected chi connectivity index (χ1v) is 10.3. The Hall–Kier alpha value is -3.00. The molecule has 2 saturated heterocycles. The Bertz CT molecular complexity index is 917. The molecule has 0 bridgehead atoms. The van der Waals surface area contributed by atoms with Crippen molar-refractivity contribution in [2.24, 2.45) is 0 Å². The average molecular weight is 409 g/mol. The van der Waals surface area contributed by atoms with Crippen molar-refractivity contribution < 1.29 is 14.3 Å². The lowest BCUT2D eigenvalue weighted by molar-refractivity contribution is 0.0746. The molecule has 8 nitrogen and oxygen atoms in total. The van der Waals surface area contributed by atoms with E-state index in [0.29, 0.717) is 37.4 Å². The summed E-state index contributed by atoms with van der Waals surface area (Å²) < 4.78 is 5.44. The zero-order valence-electron chi connectivity index (χ0n) is 17.5. The Balaban J connectivity index is 1.41. The molecule has 4 rings (SSSR count). The fraction of sp³-hybridized carbons (Fsp3) is 0.455. The molecular formula is C22H27N5O3. The molecule has 1 aromatic heterocycles. The van der Waals surface area contributed by atoms with Crippen LogP contribution in [0.15, 0.2) is 30.3 Å². The predicted molar refractivity (Wildman–Crippen MR) is 114 cm³/mol. The van der Waals surface area contributed by atoms with Gasteiger partial charge in [0, 0.05) is 56.5 Å². The highest BCUT2D eigenvalue weighted by molar-refractivity contribution is 5.97. The minimum absolute atomic E-state index is 0.000735. The number of Topliss-reactive ketones (excluding diaryl/α,β-unsaturated/α-hetero) is 1. The first-order chi connectivity index (χ1) is 14.5. The van der Waals surface area contributed by atoms with Crippen molar-refractivity contribution in [3.05, 3.63) is 47.3 Å². The van der Waals surface area contributed by atoms with Crippen molar-refractivity contribution in [2.75, 3.05) is 62.3 Å². The number of ether oxygens (including phenoxy) is 1. The first kappa shape index (κ1) is 20.3.